The lowest BCUT2D eigenvalue weighted by Gasteiger charge is -2.14. The predicted octanol–water partition coefficient (Wildman–Crippen LogP) is 1.48. The van der Waals surface area contributed by atoms with E-state index in [9.17, 15) is 4.79 Å². The molecule has 0 fully saturated rings. The second kappa shape index (κ2) is 3.49. The van der Waals surface area contributed by atoms with Crippen LogP contribution in [0.5, 0.6) is 0 Å². The summed E-state index contributed by atoms with van der Waals surface area (Å²) in [6, 6.07) is 0. The number of carbonyl (C=O) groups is 1. The maximum absolute atomic E-state index is 11.6. The summed E-state index contributed by atoms with van der Waals surface area (Å²) >= 11 is 1.13. The maximum atomic E-state index is 11.6. The van der Waals surface area contributed by atoms with Gasteiger partial charge in [-0.05, 0) is 11.8 Å². The number of rotatable bonds is 1. The zero-order valence-electron chi connectivity index (χ0n) is 8.24. The summed E-state index contributed by atoms with van der Waals surface area (Å²) in [7, 11) is 1.82. The maximum Gasteiger partial charge on any atom is 0.201 e. The molecule has 1 heterocycles. The Morgan fingerprint density at radius 3 is 2.54 bits per heavy atom. The summed E-state index contributed by atoms with van der Waals surface area (Å²) in [6.45, 7) is 5.66. The van der Waals surface area contributed by atoms with Crippen molar-refractivity contribution in [1.29, 1.82) is 0 Å². The van der Waals surface area contributed by atoms with Gasteiger partial charge in [0.1, 0.15) is 6.33 Å². The van der Waals surface area contributed by atoms with Gasteiger partial charge in [-0.25, -0.2) is 0 Å². The SMILES string of the molecule is Cn1cnnc1SC(=O)C(C)(C)C. The average Bonchev–Trinajstić information content (AvgIpc) is 2.34. The summed E-state index contributed by atoms with van der Waals surface area (Å²) < 4.78 is 1.73. The molecule has 0 spiro atoms. The van der Waals surface area contributed by atoms with Crippen molar-refractivity contribution in [1.82, 2.24) is 14.8 Å². The van der Waals surface area contributed by atoms with Crippen molar-refractivity contribution in [2.24, 2.45) is 12.5 Å². The van der Waals surface area contributed by atoms with E-state index in [2.05, 4.69) is 10.2 Å². The van der Waals surface area contributed by atoms with Crippen molar-refractivity contribution in [3.63, 3.8) is 0 Å². The smallest absolute Gasteiger partial charge is 0.201 e. The Hall–Kier alpha value is -0.840. The van der Waals surface area contributed by atoms with Crippen LogP contribution in [0.2, 0.25) is 0 Å². The molecule has 0 bridgehead atoms. The van der Waals surface area contributed by atoms with Crippen LogP contribution in [-0.4, -0.2) is 19.9 Å². The van der Waals surface area contributed by atoms with Gasteiger partial charge in [0.05, 0.1) is 0 Å². The third-order valence-electron chi connectivity index (χ3n) is 1.47. The fourth-order valence-electron chi connectivity index (χ4n) is 0.601. The fourth-order valence-corrected chi connectivity index (χ4v) is 1.35. The molecule has 0 aliphatic heterocycles. The van der Waals surface area contributed by atoms with Crippen LogP contribution in [0.3, 0.4) is 0 Å². The highest BCUT2D eigenvalue weighted by Gasteiger charge is 2.23. The molecule has 0 aromatic carbocycles. The van der Waals surface area contributed by atoms with Crippen molar-refractivity contribution >= 4 is 16.9 Å². The Bertz CT molecular complexity index is 313. The van der Waals surface area contributed by atoms with Crippen molar-refractivity contribution < 1.29 is 4.79 Å². The van der Waals surface area contributed by atoms with Crippen LogP contribution in [0.1, 0.15) is 20.8 Å². The Balaban J connectivity index is 2.71. The minimum absolute atomic E-state index is 0.101. The zero-order chi connectivity index (χ0) is 10.1. The van der Waals surface area contributed by atoms with Crippen LogP contribution in [0, 0.1) is 5.41 Å². The summed E-state index contributed by atoms with van der Waals surface area (Å²) in [4.78, 5) is 11.6. The standard InChI is InChI=1S/C8H13N3OS/c1-8(2,3)6(12)13-7-10-9-5-11(7)4/h5H,1-4H3. The number of aryl methyl sites for hydroxylation is 1. The molecule has 1 aromatic rings. The van der Waals surface area contributed by atoms with Crippen molar-refractivity contribution in [2.45, 2.75) is 25.9 Å². The minimum Gasteiger partial charge on any atom is -0.311 e. The minimum atomic E-state index is -0.337. The first kappa shape index (κ1) is 10.2. The average molecular weight is 199 g/mol. The van der Waals surface area contributed by atoms with Gasteiger partial charge in [0.15, 0.2) is 5.16 Å². The van der Waals surface area contributed by atoms with Crippen LogP contribution in [0.15, 0.2) is 11.5 Å². The highest BCUT2D eigenvalue weighted by molar-refractivity contribution is 8.13. The molecule has 13 heavy (non-hydrogen) atoms. The van der Waals surface area contributed by atoms with E-state index >= 15 is 0 Å². The molecule has 0 radical (unpaired) electrons. The van der Waals surface area contributed by atoms with Crippen LogP contribution < -0.4 is 0 Å². The van der Waals surface area contributed by atoms with E-state index in [4.69, 9.17) is 0 Å². The highest BCUT2D eigenvalue weighted by Crippen LogP contribution is 2.26. The van der Waals surface area contributed by atoms with E-state index in [0.717, 1.165) is 11.8 Å². The fraction of sp³-hybridized carbons (Fsp3) is 0.625. The third kappa shape index (κ3) is 2.55. The first-order chi connectivity index (χ1) is 5.91. The number of carbonyl (C=O) groups excluding carboxylic acids is 1. The second-order valence-corrected chi connectivity index (χ2v) is 4.80. The van der Waals surface area contributed by atoms with Gasteiger partial charge in [-0.3, -0.25) is 4.79 Å². The monoisotopic (exact) mass is 199 g/mol. The molecule has 0 saturated carbocycles. The molecular weight excluding hydrogens is 186 g/mol. The van der Waals surface area contributed by atoms with Crippen LogP contribution in [-0.2, 0) is 11.8 Å². The van der Waals surface area contributed by atoms with E-state index in [1.54, 1.807) is 10.9 Å². The van der Waals surface area contributed by atoms with Gasteiger partial charge in [0.25, 0.3) is 0 Å². The Morgan fingerprint density at radius 2 is 2.15 bits per heavy atom. The molecule has 0 aliphatic carbocycles. The first-order valence-electron chi connectivity index (χ1n) is 3.97. The molecule has 5 heteroatoms. The second-order valence-electron chi connectivity index (χ2n) is 3.86. The molecule has 0 aliphatic rings. The molecule has 72 valence electrons. The topological polar surface area (TPSA) is 47.8 Å². The summed E-state index contributed by atoms with van der Waals surface area (Å²) in [5.41, 5.74) is -0.337. The van der Waals surface area contributed by atoms with Gasteiger partial charge >= 0.3 is 0 Å². The number of hydrogen-bond donors (Lipinski definition) is 0. The molecule has 0 saturated heterocycles. The van der Waals surface area contributed by atoms with E-state index in [1.807, 2.05) is 27.8 Å². The van der Waals surface area contributed by atoms with Crippen LogP contribution in [0.4, 0.5) is 0 Å². The molecule has 4 nitrogen and oxygen atoms in total. The number of thioether (sulfide) groups is 1. The molecule has 0 atom stereocenters. The normalized spacial score (nSPS) is 11.7. The molecular formula is C8H13N3OS. The lowest BCUT2D eigenvalue weighted by Crippen LogP contribution is -2.16. The highest BCUT2D eigenvalue weighted by atomic mass is 32.2. The van der Waals surface area contributed by atoms with Gasteiger partial charge < -0.3 is 4.57 Å². The van der Waals surface area contributed by atoms with Crippen LogP contribution in [0.25, 0.3) is 0 Å². The Morgan fingerprint density at radius 1 is 1.54 bits per heavy atom. The molecule has 0 amide bonds. The number of nitrogens with zero attached hydrogens (tertiary/aromatic N) is 3. The molecule has 0 unspecified atom stereocenters. The van der Waals surface area contributed by atoms with Gasteiger partial charge in [0.2, 0.25) is 5.12 Å². The van der Waals surface area contributed by atoms with Crippen LogP contribution >= 0.6 is 11.8 Å². The van der Waals surface area contributed by atoms with E-state index in [-0.39, 0.29) is 10.5 Å². The van der Waals surface area contributed by atoms with Gasteiger partial charge in [0, 0.05) is 12.5 Å². The zero-order valence-corrected chi connectivity index (χ0v) is 9.05. The van der Waals surface area contributed by atoms with E-state index in [0.29, 0.717) is 5.16 Å². The quantitative estimate of drug-likeness (QED) is 0.643. The Labute approximate surface area is 81.7 Å². The van der Waals surface area contributed by atoms with Gasteiger partial charge in [-0.15, -0.1) is 10.2 Å². The third-order valence-corrected chi connectivity index (χ3v) is 2.82. The largest absolute Gasteiger partial charge is 0.311 e. The molecule has 1 rings (SSSR count). The van der Waals surface area contributed by atoms with Gasteiger partial charge in [-0.1, -0.05) is 20.8 Å². The summed E-state index contributed by atoms with van der Waals surface area (Å²) in [5.74, 6) is 0. The number of aromatic nitrogens is 3. The van der Waals surface area contributed by atoms with Gasteiger partial charge in [-0.2, -0.15) is 0 Å². The summed E-state index contributed by atoms with van der Waals surface area (Å²) in [6.07, 6.45) is 1.58. The molecule has 0 N–H and O–H groups in total. The predicted molar refractivity (Wildman–Crippen MR) is 51.3 cm³/mol. The first-order valence-corrected chi connectivity index (χ1v) is 4.79. The Kier molecular flexibility index (Phi) is 2.75. The lowest BCUT2D eigenvalue weighted by atomic mass is 10.00. The van der Waals surface area contributed by atoms with Crippen molar-refractivity contribution in [3.05, 3.63) is 6.33 Å². The van der Waals surface area contributed by atoms with Crippen molar-refractivity contribution in [3.8, 4) is 0 Å². The molecule has 1 aromatic heterocycles. The van der Waals surface area contributed by atoms with Crippen molar-refractivity contribution in [2.75, 3.05) is 0 Å². The number of hydrogen-bond acceptors (Lipinski definition) is 4. The lowest BCUT2D eigenvalue weighted by molar-refractivity contribution is -0.117. The summed E-state index contributed by atoms with van der Waals surface area (Å²) in [5, 5.41) is 8.26. The van der Waals surface area contributed by atoms with E-state index < -0.39 is 0 Å². The van der Waals surface area contributed by atoms with E-state index in [1.165, 1.54) is 0 Å².